The Balaban J connectivity index is 2.61. The van der Waals surface area contributed by atoms with Crippen LogP contribution in [0.3, 0.4) is 0 Å². The van der Waals surface area contributed by atoms with Crippen LogP contribution in [0.4, 0.5) is 0 Å². The minimum absolute atomic E-state index is 0.170. The maximum atomic E-state index is 10.9. The van der Waals surface area contributed by atoms with E-state index in [9.17, 15) is 8.42 Å². The molecule has 0 atom stereocenters. The summed E-state index contributed by atoms with van der Waals surface area (Å²) in [5.41, 5.74) is 0.912. The second kappa shape index (κ2) is 5.23. The minimum Gasteiger partial charge on any atom is -0.335 e. The summed E-state index contributed by atoms with van der Waals surface area (Å²) in [5, 5.41) is 0.596. The normalized spacial score (nSPS) is 11.9. The molecule has 1 aromatic rings. The molecule has 0 fully saturated rings. The summed E-state index contributed by atoms with van der Waals surface area (Å²) in [6.45, 7) is 0.584. The first-order valence-corrected chi connectivity index (χ1v) is 7.49. The Morgan fingerprint density at radius 1 is 1.40 bits per heavy atom. The minimum atomic E-state index is -2.90. The average Bonchev–Trinajstić information content (AvgIpc) is 2.46. The molecule has 0 spiro atoms. The highest BCUT2D eigenvalue weighted by Crippen LogP contribution is 2.17. The molecule has 0 saturated heterocycles. The lowest BCUT2D eigenvalue weighted by molar-refractivity contribution is 0.590. The average molecular weight is 270 g/mol. The molecule has 1 heterocycles. The van der Waals surface area contributed by atoms with E-state index in [-0.39, 0.29) is 5.75 Å². The molecule has 0 aromatic carbocycles. The van der Waals surface area contributed by atoms with Crippen LogP contribution in [0.25, 0.3) is 0 Å². The van der Waals surface area contributed by atoms with Crippen LogP contribution in [-0.2, 0) is 22.3 Å². The quantitative estimate of drug-likeness (QED) is 0.770. The Morgan fingerprint density at radius 2 is 2.07 bits per heavy atom. The van der Waals surface area contributed by atoms with Gasteiger partial charge in [-0.15, -0.1) is 11.6 Å². The van der Waals surface area contributed by atoms with E-state index in [4.69, 9.17) is 23.2 Å². The summed E-state index contributed by atoms with van der Waals surface area (Å²) >= 11 is 11.6. The second-order valence-corrected chi connectivity index (χ2v) is 6.33. The molecular formula is C9H13Cl2NO2S. The van der Waals surface area contributed by atoms with Crippen molar-refractivity contribution in [2.24, 2.45) is 0 Å². The number of alkyl halides is 1. The molecule has 0 radical (unpaired) electrons. The number of hydrogen-bond donors (Lipinski definition) is 0. The van der Waals surface area contributed by atoms with Gasteiger partial charge in [0.1, 0.15) is 15.0 Å². The summed E-state index contributed by atoms with van der Waals surface area (Å²) in [6, 6.07) is 3.61. The van der Waals surface area contributed by atoms with Crippen LogP contribution in [0.5, 0.6) is 0 Å². The first-order valence-electron chi connectivity index (χ1n) is 4.51. The number of nitrogens with zero attached hydrogens (tertiary/aromatic N) is 1. The zero-order chi connectivity index (χ0) is 11.5. The molecule has 0 aliphatic heterocycles. The molecule has 15 heavy (non-hydrogen) atoms. The topological polar surface area (TPSA) is 39.1 Å². The molecule has 86 valence electrons. The van der Waals surface area contributed by atoms with Crippen LogP contribution >= 0.6 is 23.2 Å². The van der Waals surface area contributed by atoms with Crippen LogP contribution in [0.1, 0.15) is 12.1 Å². The lowest BCUT2D eigenvalue weighted by Crippen LogP contribution is -2.09. The van der Waals surface area contributed by atoms with Gasteiger partial charge in [0.25, 0.3) is 0 Å². The van der Waals surface area contributed by atoms with Crippen molar-refractivity contribution in [2.45, 2.75) is 18.8 Å². The SMILES string of the molecule is CS(=O)(=O)CCCn1c(Cl)ccc1CCl. The first kappa shape index (κ1) is 12.9. The Morgan fingerprint density at radius 3 is 2.60 bits per heavy atom. The van der Waals surface area contributed by atoms with Crippen LogP contribution in [0.15, 0.2) is 12.1 Å². The highest BCUT2D eigenvalue weighted by atomic mass is 35.5. The summed E-state index contributed by atoms with van der Waals surface area (Å²) in [6.07, 6.45) is 1.78. The van der Waals surface area contributed by atoms with Gasteiger partial charge < -0.3 is 4.57 Å². The largest absolute Gasteiger partial charge is 0.335 e. The van der Waals surface area contributed by atoms with Crippen molar-refractivity contribution in [3.63, 3.8) is 0 Å². The second-order valence-electron chi connectivity index (χ2n) is 3.42. The molecule has 1 aromatic heterocycles. The Bertz CT molecular complexity index is 425. The number of sulfone groups is 1. The molecular weight excluding hydrogens is 257 g/mol. The molecule has 0 saturated carbocycles. The van der Waals surface area contributed by atoms with E-state index in [0.717, 1.165) is 5.69 Å². The predicted octanol–water partition coefficient (Wildman–Crippen LogP) is 2.32. The van der Waals surface area contributed by atoms with Crippen molar-refractivity contribution in [1.82, 2.24) is 4.57 Å². The van der Waals surface area contributed by atoms with E-state index in [1.165, 1.54) is 6.26 Å². The van der Waals surface area contributed by atoms with Crippen LogP contribution < -0.4 is 0 Å². The molecule has 0 bridgehead atoms. The van der Waals surface area contributed by atoms with Gasteiger partial charge in [-0.2, -0.15) is 0 Å². The number of hydrogen-bond acceptors (Lipinski definition) is 2. The van der Waals surface area contributed by atoms with Gasteiger partial charge in [0, 0.05) is 18.5 Å². The van der Waals surface area contributed by atoms with E-state index in [1.54, 1.807) is 6.07 Å². The Kier molecular flexibility index (Phi) is 4.49. The smallest absolute Gasteiger partial charge is 0.147 e. The van der Waals surface area contributed by atoms with E-state index < -0.39 is 9.84 Å². The van der Waals surface area contributed by atoms with Crippen LogP contribution in [0, 0.1) is 0 Å². The van der Waals surface area contributed by atoms with Crippen molar-refractivity contribution in [1.29, 1.82) is 0 Å². The van der Waals surface area contributed by atoms with Gasteiger partial charge in [-0.3, -0.25) is 0 Å². The third-order valence-electron chi connectivity index (χ3n) is 2.05. The molecule has 0 aliphatic rings. The van der Waals surface area contributed by atoms with Gasteiger partial charge in [-0.05, 0) is 18.6 Å². The van der Waals surface area contributed by atoms with Gasteiger partial charge in [-0.25, -0.2) is 8.42 Å². The standard InChI is InChI=1S/C9H13Cl2NO2S/c1-15(13,14)6-2-5-12-8(7-10)3-4-9(12)11/h3-4H,2,5-7H2,1H3. The lowest BCUT2D eigenvalue weighted by Gasteiger charge is -2.08. The third-order valence-corrected chi connectivity index (χ3v) is 3.69. The number of rotatable bonds is 5. The van der Waals surface area contributed by atoms with E-state index in [2.05, 4.69) is 0 Å². The van der Waals surface area contributed by atoms with Gasteiger partial charge in [-0.1, -0.05) is 11.6 Å². The fourth-order valence-electron chi connectivity index (χ4n) is 1.33. The molecule has 0 aliphatic carbocycles. The lowest BCUT2D eigenvalue weighted by atomic mass is 10.4. The monoisotopic (exact) mass is 269 g/mol. The van der Waals surface area contributed by atoms with Crippen molar-refractivity contribution >= 4 is 33.0 Å². The molecule has 0 unspecified atom stereocenters. The van der Waals surface area contributed by atoms with E-state index >= 15 is 0 Å². The fourth-order valence-corrected chi connectivity index (χ4v) is 2.48. The summed E-state index contributed by atoms with van der Waals surface area (Å²) in [5.74, 6) is 0.550. The Labute approximate surface area is 99.9 Å². The van der Waals surface area contributed by atoms with E-state index in [0.29, 0.717) is 24.0 Å². The molecule has 6 heteroatoms. The zero-order valence-electron chi connectivity index (χ0n) is 8.41. The fraction of sp³-hybridized carbons (Fsp3) is 0.556. The Hall–Kier alpha value is -0.190. The van der Waals surface area contributed by atoms with Gasteiger partial charge >= 0.3 is 0 Å². The predicted molar refractivity (Wildman–Crippen MR) is 63.3 cm³/mol. The van der Waals surface area contributed by atoms with Crippen molar-refractivity contribution in [3.05, 3.63) is 23.0 Å². The zero-order valence-corrected chi connectivity index (χ0v) is 10.7. The number of aromatic nitrogens is 1. The molecule has 0 amide bonds. The van der Waals surface area contributed by atoms with Crippen LogP contribution in [0.2, 0.25) is 5.15 Å². The maximum Gasteiger partial charge on any atom is 0.147 e. The highest BCUT2D eigenvalue weighted by Gasteiger charge is 2.07. The van der Waals surface area contributed by atoms with E-state index in [1.807, 2.05) is 10.6 Å². The van der Waals surface area contributed by atoms with Gasteiger partial charge in [0.2, 0.25) is 0 Å². The van der Waals surface area contributed by atoms with Gasteiger partial charge in [0.15, 0.2) is 0 Å². The van der Waals surface area contributed by atoms with Crippen molar-refractivity contribution < 1.29 is 8.42 Å². The van der Waals surface area contributed by atoms with Crippen LogP contribution in [-0.4, -0.2) is 25.0 Å². The molecule has 3 nitrogen and oxygen atoms in total. The summed E-state index contributed by atoms with van der Waals surface area (Å²) in [4.78, 5) is 0. The summed E-state index contributed by atoms with van der Waals surface area (Å²) in [7, 11) is -2.90. The molecule has 1 rings (SSSR count). The third kappa shape index (κ3) is 4.05. The molecule has 0 N–H and O–H groups in total. The van der Waals surface area contributed by atoms with Crippen molar-refractivity contribution in [3.8, 4) is 0 Å². The highest BCUT2D eigenvalue weighted by molar-refractivity contribution is 7.90. The number of halogens is 2. The van der Waals surface area contributed by atoms with Gasteiger partial charge in [0.05, 0.1) is 11.6 Å². The first-order chi connectivity index (χ1) is 6.94. The van der Waals surface area contributed by atoms with Crippen molar-refractivity contribution in [2.75, 3.05) is 12.0 Å². The maximum absolute atomic E-state index is 10.9. The summed E-state index contributed by atoms with van der Waals surface area (Å²) < 4.78 is 23.7.